The van der Waals surface area contributed by atoms with Crippen LogP contribution in [0.25, 0.3) is 11.3 Å². The molecule has 0 bridgehead atoms. The summed E-state index contributed by atoms with van der Waals surface area (Å²) in [6, 6.07) is 15.2. The first-order valence-corrected chi connectivity index (χ1v) is 6.61. The third-order valence-electron chi connectivity index (χ3n) is 3.09. The van der Waals surface area contributed by atoms with Gasteiger partial charge in [0.15, 0.2) is 0 Å². The highest BCUT2D eigenvalue weighted by Crippen LogP contribution is 2.16. The molecule has 3 aromatic rings. The van der Waals surface area contributed by atoms with E-state index in [4.69, 9.17) is 0 Å². The quantitative estimate of drug-likeness (QED) is 0.770. The van der Waals surface area contributed by atoms with Gasteiger partial charge in [-0.05, 0) is 23.8 Å². The van der Waals surface area contributed by atoms with Gasteiger partial charge >= 0.3 is 0 Å². The number of H-pyrrole nitrogens is 1. The largest absolute Gasteiger partial charge is 0.347 e. The Kier molecular flexibility index (Phi) is 3.73. The molecule has 1 aromatic carbocycles. The highest BCUT2D eigenvalue weighted by atomic mass is 16.1. The van der Waals surface area contributed by atoms with Crippen LogP contribution in [0, 0.1) is 0 Å². The van der Waals surface area contributed by atoms with Gasteiger partial charge in [0, 0.05) is 24.5 Å². The number of pyridine rings is 1. The minimum absolute atomic E-state index is 0.179. The van der Waals surface area contributed by atoms with Gasteiger partial charge in [-0.15, -0.1) is 0 Å². The predicted octanol–water partition coefficient (Wildman–Crippen LogP) is 2.40. The van der Waals surface area contributed by atoms with Crippen LogP contribution in [-0.4, -0.2) is 21.1 Å². The monoisotopic (exact) mass is 278 g/mol. The number of nitrogens with one attached hydrogen (secondary N) is 2. The van der Waals surface area contributed by atoms with Gasteiger partial charge in [0.1, 0.15) is 5.69 Å². The van der Waals surface area contributed by atoms with Crippen LogP contribution in [0.15, 0.2) is 60.9 Å². The molecule has 0 aliphatic heterocycles. The van der Waals surface area contributed by atoms with Gasteiger partial charge in [0.25, 0.3) is 5.91 Å². The summed E-state index contributed by atoms with van der Waals surface area (Å²) in [7, 11) is 0. The van der Waals surface area contributed by atoms with Crippen LogP contribution in [0.4, 0.5) is 0 Å². The van der Waals surface area contributed by atoms with Crippen molar-refractivity contribution in [2.24, 2.45) is 0 Å². The zero-order valence-corrected chi connectivity index (χ0v) is 11.3. The maximum absolute atomic E-state index is 12.1. The number of carbonyl (C=O) groups excluding carboxylic acids is 1. The number of aromatic amines is 1. The highest BCUT2D eigenvalue weighted by molar-refractivity contribution is 5.93. The molecule has 104 valence electrons. The van der Waals surface area contributed by atoms with E-state index in [1.165, 1.54) is 0 Å². The molecule has 3 rings (SSSR count). The summed E-state index contributed by atoms with van der Waals surface area (Å²) in [6.45, 7) is 0.459. The molecule has 0 saturated carbocycles. The molecule has 0 fully saturated rings. The van der Waals surface area contributed by atoms with Crippen LogP contribution in [0.1, 0.15) is 16.1 Å². The third-order valence-corrected chi connectivity index (χ3v) is 3.09. The molecule has 0 spiro atoms. The van der Waals surface area contributed by atoms with Crippen molar-refractivity contribution in [3.63, 3.8) is 0 Å². The maximum Gasteiger partial charge on any atom is 0.269 e. The summed E-state index contributed by atoms with van der Waals surface area (Å²) in [4.78, 5) is 16.0. The van der Waals surface area contributed by atoms with Crippen LogP contribution in [0.2, 0.25) is 0 Å². The average molecular weight is 278 g/mol. The fourth-order valence-electron chi connectivity index (χ4n) is 1.97. The minimum Gasteiger partial charge on any atom is -0.347 e. The normalized spacial score (nSPS) is 10.3. The van der Waals surface area contributed by atoms with E-state index in [1.807, 2.05) is 42.5 Å². The van der Waals surface area contributed by atoms with Crippen molar-refractivity contribution in [1.82, 2.24) is 20.5 Å². The molecule has 0 aliphatic rings. The molecule has 5 nitrogen and oxygen atoms in total. The van der Waals surface area contributed by atoms with Crippen molar-refractivity contribution in [1.29, 1.82) is 0 Å². The van der Waals surface area contributed by atoms with Crippen LogP contribution in [-0.2, 0) is 6.54 Å². The molecule has 0 unspecified atom stereocenters. The summed E-state index contributed by atoms with van der Waals surface area (Å²) < 4.78 is 0. The summed E-state index contributed by atoms with van der Waals surface area (Å²) in [5.74, 6) is -0.179. The Labute approximate surface area is 122 Å². The van der Waals surface area contributed by atoms with Gasteiger partial charge in [-0.3, -0.25) is 14.9 Å². The summed E-state index contributed by atoms with van der Waals surface area (Å²) >= 11 is 0. The number of carbonyl (C=O) groups is 1. The number of amides is 1. The number of benzene rings is 1. The second kappa shape index (κ2) is 6.00. The van der Waals surface area contributed by atoms with E-state index in [1.54, 1.807) is 18.5 Å². The van der Waals surface area contributed by atoms with Crippen LogP contribution in [0.3, 0.4) is 0 Å². The van der Waals surface area contributed by atoms with E-state index in [-0.39, 0.29) is 5.91 Å². The molecule has 2 heterocycles. The van der Waals surface area contributed by atoms with Gasteiger partial charge in [0.2, 0.25) is 0 Å². The smallest absolute Gasteiger partial charge is 0.269 e. The van der Waals surface area contributed by atoms with Crippen molar-refractivity contribution in [2.45, 2.75) is 6.54 Å². The SMILES string of the molecule is O=C(NCc1ccncc1)c1cc(-c2ccccc2)n[nH]1. The minimum atomic E-state index is -0.179. The van der Waals surface area contributed by atoms with Crippen molar-refractivity contribution in [3.05, 3.63) is 72.2 Å². The van der Waals surface area contributed by atoms with Gasteiger partial charge < -0.3 is 5.32 Å². The first kappa shape index (κ1) is 13.1. The molecule has 0 saturated heterocycles. The molecule has 21 heavy (non-hydrogen) atoms. The standard InChI is InChI=1S/C16H14N4O/c21-16(18-11-12-6-8-17-9-7-12)15-10-14(19-20-15)13-4-2-1-3-5-13/h1-10H,11H2,(H,18,21)(H,19,20). The Hall–Kier alpha value is -2.95. The number of rotatable bonds is 4. The fraction of sp³-hybridized carbons (Fsp3) is 0.0625. The molecule has 0 radical (unpaired) electrons. The number of nitrogens with zero attached hydrogens (tertiary/aromatic N) is 2. The lowest BCUT2D eigenvalue weighted by molar-refractivity contribution is 0.0946. The van der Waals surface area contributed by atoms with Crippen LogP contribution < -0.4 is 5.32 Å². The molecule has 5 heteroatoms. The maximum atomic E-state index is 12.1. The van der Waals surface area contributed by atoms with Crippen LogP contribution >= 0.6 is 0 Å². The third kappa shape index (κ3) is 3.14. The lowest BCUT2D eigenvalue weighted by Gasteiger charge is -2.02. The van der Waals surface area contributed by atoms with E-state index < -0.39 is 0 Å². The van der Waals surface area contributed by atoms with E-state index in [2.05, 4.69) is 20.5 Å². The molecule has 0 aliphatic carbocycles. The number of hydrogen-bond donors (Lipinski definition) is 2. The molecule has 2 aromatic heterocycles. The van der Waals surface area contributed by atoms with E-state index in [0.717, 1.165) is 16.8 Å². The van der Waals surface area contributed by atoms with E-state index >= 15 is 0 Å². The Morgan fingerprint density at radius 2 is 1.86 bits per heavy atom. The first-order valence-electron chi connectivity index (χ1n) is 6.61. The summed E-state index contributed by atoms with van der Waals surface area (Å²) in [5.41, 5.74) is 3.18. The van der Waals surface area contributed by atoms with E-state index in [9.17, 15) is 4.79 Å². The topological polar surface area (TPSA) is 70.7 Å². The van der Waals surface area contributed by atoms with Gasteiger partial charge in [-0.25, -0.2) is 0 Å². The second-order valence-electron chi connectivity index (χ2n) is 4.57. The lowest BCUT2D eigenvalue weighted by Crippen LogP contribution is -2.23. The van der Waals surface area contributed by atoms with Crippen molar-refractivity contribution < 1.29 is 4.79 Å². The second-order valence-corrected chi connectivity index (χ2v) is 4.57. The summed E-state index contributed by atoms with van der Waals surface area (Å²) in [6.07, 6.45) is 3.40. The lowest BCUT2D eigenvalue weighted by atomic mass is 10.1. The molecule has 0 atom stereocenters. The van der Waals surface area contributed by atoms with Crippen LogP contribution in [0.5, 0.6) is 0 Å². The van der Waals surface area contributed by atoms with Crippen molar-refractivity contribution >= 4 is 5.91 Å². The first-order chi connectivity index (χ1) is 10.3. The van der Waals surface area contributed by atoms with Gasteiger partial charge in [-0.2, -0.15) is 5.10 Å². The number of hydrogen-bond acceptors (Lipinski definition) is 3. The van der Waals surface area contributed by atoms with E-state index in [0.29, 0.717) is 12.2 Å². The Balaban J connectivity index is 1.67. The zero-order valence-electron chi connectivity index (χ0n) is 11.3. The van der Waals surface area contributed by atoms with Crippen molar-refractivity contribution in [3.8, 4) is 11.3 Å². The highest BCUT2D eigenvalue weighted by Gasteiger charge is 2.10. The molecular weight excluding hydrogens is 264 g/mol. The van der Waals surface area contributed by atoms with Gasteiger partial charge in [-0.1, -0.05) is 30.3 Å². The predicted molar refractivity (Wildman–Crippen MR) is 79.4 cm³/mol. The molecule has 1 amide bonds. The van der Waals surface area contributed by atoms with Gasteiger partial charge in [0.05, 0.1) is 5.69 Å². The summed E-state index contributed by atoms with van der Waals surface area (Å²) in [5, 5.41) is 9.77. The Bertz CT molecular complexity index is 722. The Morgan fingerprint density at radius 3 is 2.62 bits per heavy atom. The van der Waals surface area contributed by atoms with Crippen molar-refractivity contribution in [2.75, 3.05) is 0 Å². The number of aromatic nitrogens is 3. The fourth-order valence-corrected chi connectivity index (χ4v) is 1.97. The molecular formula is C16H14N4O. The average Bonchev–Trinajstić information content (AvgIpc) is 3.04. The zero-order chi connectivity index (χ0) is 14.5. The molecule has 2 N–H and O–H groups in total. The Morgan fingerprint density at radius 1 is 1.10 bits per heavy atom.